The fraction of sp³-hybridized carbons (Fsp3) is 0.375. The van der Waals surface area contributed by atoms with Gasteiger partial charge in [-0.1, -0.05) is 0 Å². The second-order valence-electron chi connectivity index (χ2n) is 2.31. The first-order valence-corrected chi connectivity index (χ1v) is 4.60. The van der Waals surface area contributed by atoms with Gasteiger partial charge in [-0.05, 0) is 6.92 Å². The molecule has 1 rings (SSSR count). The number of Topliss-reactive ketones (excluding diaryl/α,β-unsaturated/α-hetero) is 1. The topological polar surface area (TPSA) is 56.3 Å². The summed E-state index contributed by atoms with van der Waals surface area (Å²) < 4.78 is 4.72. The lowest BCUT2D eigenvalue weighted by Gasteiger charge is -1.94. The Morgan fingerprint density at radius 1 is 1.62 bits per heavy atom. The van der Waals surface area contributed by atoms with Crippen LogP contribution >= 0.6 is 11.3 Å². The van der Waals surface area contributed by atoms with E-state index in [9.17, 15) is 9.59 Å². The summed E-state index contributed by atoms with van der Waals surface area (Å²) in [4.78, 5) is 26.2. The Labute approximate surface area is 79.6 Å². The molecule has 0 radical (unpaired) electrons. The van der Waals surface area contributed by atoms with Crippen LogP contribution in [-0.4, -0.2) is 23.3 Å². The fourth-order valence-electron chi connectivity index (χ4n) is 0.724. The number of hydrogen-bond donors (Lipinski definition) is 0. The zero-order valence-electron chi connectivity index (χ0n) is 7.36. The van der Waals surface area contributed by atoms with Gasteiger partial charge in [0, 0.05) is 13.1 Å². The van der Waals surface area contributed by atoms with Crippen molar-refractivity contribution in [1.82, 2.24) is 4.98 Å². The molecule has 0 aliphatic heterocycles. The molecular weight excluding hydrogens is 190 g/mol. The lowest BCUT2D eigenvalue weighted by atomic mass is 10.4. The van der Waals surface area contributed by atoms with Crippen LogP contribution < -0.4 is 0 Å². The minimum Gasteiger partial charge on any atom is -0.461 e. The van der Waals surface area contributed by atoms with Crippen LogP contribution in [0.5, 0.6) is 0 Å². The van der Waals surface area contributed by atoms with Crippen LogP contribution in [0.15, 0.2) is 6.20 Å². The molecule has 0 spiro atoms. The molecule has 5 heteroatoms. The van der Waals surface area contributed by atoms with Crippen molar-refractivity contribution in [1.29, 1.82) is 0 Å². The summed E-state index contributed by atoms with van der Waals surface area (Å²) >= 11 is 1.05. The summed E-state index contributed by atoms with van der Waals surface area (Å²) in [5.41, 5.74) is 0. The second-order valence-corrected chi connectivity index (χ2v) is 3.34. The maximum Gasteiger partial charge on any atom is 0.367 e. The van der Waals surface area contributed by atoms with Crippen LogP contribution in [0, 0.1) is 0 Å². The Morgan fingerprint density at radius 3 is 2.77 bits per heavy atom. The lowest BCUT2D eigenvalue weighted by molar-refractivity contribution is 0.0526. The van der Waals surface area contributed by atoms with Crippen molar-refractivity contribution in [3.8, 4) is 0 Å². The van der Waals surface area contributed by atoms with E-state index < -0.39 is 5.97 Å². The smallest absolute Gasteiger partial charge is 0.367 e. The molecule has 0 aliphatic carbocycles. The standard InChI is InChI=1S/C8H9NO3S/c1-3-12-8(11)7-9-4-6(13-7)5(2)10/h4H,3H2,1-2H3. The Bertz CT molecular complexity index is 332. The molecule has 0 aromatic carbocycles. The largest absolute Gasteiger partial charge is 0.461 e. The van der Waals surface area contributed by atoms with Crippen LogP contribution in [0.2, 0.25) is 0 Å². The number of carbonyl (C=O) groups is 2. The first kappa shape index (κ1) is 9.85. The van der Waals surface area contributed by atoms with Crippen molar-refractivity contribution in [3.05, 3.63) is 16.1 Å². The molecule has 0 saturated heterocycles. The number of ketones is 1. The van der Waals surface area contributed by atoms with Gasteiger partial charge in [0.05, 0.1) is 11.5 Å². The summed E-state index contributed by atoms with van der Waals surface area (Å²) in [7, 11) is 0. The number of ether oxygens (including phenoxy) is 1. The predicted molar refractivity (Wildman–Crippen MR) is 48.1 cm³/mol. The van der Waals surface area contributed by atoms with E-state index in [-0.39, 0.29) is 10.8 Å². The number of esters is 1. The fourth-order valence-corrected chi connectivity index (χ4v) is 1.43. The third-order valence-electron chi connectivity index (χ3n) is 1.30. The van der Waals surface area contributed by atoms with Crippen LogP contribution in [-0.2, 0) is 4.74 Å². The van der Waals surface area contributed by atoms with Gasteiger partial charge in [0.15, 0.2) is 5.78 Å². The van der Waals surface area contributed by atoms with Gasteiger partial charge in [-0.3, -0.25) is 4.79 Å². The van der Waals surface area contributed by atoms with Gasteiger partial charge in [0.1, 0.15) is 0 Å². The van der Waals surface area contributed by atoms with Crippen molar-refractivity contribution < 1.29 is 14.3 Å². The molecule has 4 nitrogen and oxygen atoms in total. The van der Waals surface area contributed by atoms with E-state index in [1.54, 1.807) is 6.92 Å². The molecule has 0 unspecified atom stereocenters. The van der Waals surface area contributed by atoms with E-state index >= 15 is 0 Å². The van der Waals surface area contributed by atoms with Crippen molar-refractivity contribution in [2.75, 3.05) is 6.61 Å². The minimum absolute atomic E-state index is 0.0898. The molecule has 0 fully saturated rings. The van der Waals surface area contributed by atoms with Crippen molar-refractivity contribution >= 4 is 23.1 Å². The molecule has 70 valence electrons. The molecule has 0 aliphatic rings. The Kier molecular flexibility index (Phi) is 3.13. The van der Waals surface area contributed by atoms with Crippen molar-refractivity contribution in [2.24, 2.45) is 0 Å². The number of nitrogens with zero attached hydrogens (tertiary/aromatic N) is 1. The van der Waals surface area contributed by atoms with E-state index in [2.05, 4.69) is 4.98 Å². The number of hydrogen-bond acceptors (Lipinski definition) is 5. The minimum atomic E-state index is -0.472. The predicted octanol–water partition coefficient (Wildman–Crippen LogP) is 1.52. The summed E-state index contributed by atoms with van der Waals surface area (Å²) in [6, 6.07) is 0. The monoisotopic (exact) mass is 199 g/mol. The van der Waals surface area contributed by atoms with Crippen molar-refractivity contribution in [3.63, 3.8) is 0 Å². The van der Waals surface area contributed by atoms with Gasteiger partial charge in [-0.25, -0.2) is 9.78 Å². The molecule has 1 heterocycles. The highest BCUT2D eigenvalue weighted by Gasteiger charge is 2.13. The first-order chi connectivity index (χ1) is 6.15. The number of carbonyl (C=O) groups excluding carboxylic acids is 2. The van der Waals surface area contributed by atoms with Gasteiger partial charge < -0.3 is 4.74 Å². The second kappa shape index (κ2) is 4.13. The quantitative estimate of drug-likeness (QED) is 0.547. The summed E-state index contributed by atoms with van der Waals surface area (Å²) in [6.07, 6.45) is 1.39. The summed E-state index contributed by atoms with van der Waals surface area (Å²) in [5, 5.41) is 0.229. The molecule has 13 heavy (non-hydrogen) atoms. The molecular formula is C8H9NO3S. The molecule has 1 aromatic heterocycles. The lowest BCUT2D eigenvalue weighted by Crippen LogP contribution is -2.03. The molecule has 0 saturated carbocycles. The molecule has 0 atom stereocenters. The third kappa shape index (κ3) is 2.35. The van der Waals surface area contributed by atoms with Gasteiger partial charge in [-0.2, -0.15) is 0 Å². The normalized spacial score (nSPS) is 9.69. The van der Waals surface area contributed by atoms with Gasteiger partial charge >= 0.3 is 5.97 Å². The highest BCUT2D eigenvalue weighted by molar-refractivity contribution is 7.15. The van der Waals surface area contributed by atoms with E-state index in [1.165, 1.54) is 13.1 Å². The molecule has 0 N–H and O–H groups in total. The molecule has 0 amide bonds. The highest BCUT2D eigenvalue weighted by atomic mass is 32.1. The Balaban J connectivity index is 2.79. The number of rotatable bonds is 3. The average Bonchev–Trinajstić information content (AvgIpc) is 2.52. The summed E-state index contributed by atoms with van der Waals surface area (Å²) in [6.45, 7) is 3.47. The maximum atomic E-state index is 11.1. The SMILES string of the molecule is CCOC(=O)c1ncc(C(C)=O)s1. The number of thiazole rings is 1. The molecule has 0 bridgehead atoms. The van der Waals surface area contributed by atoms with E-state index in [4.69, 9.17) is 4.74 Å². The van der Waals surface area contributed by atoms with Crippen LogP contribution in [0.25, 0.3) is 0 Å². The van der Waals surface area contributed by atoms with E-state index in [0.29, 0.717) is 11.5 Å². The van der Waals surface area contributed by atoms with Gasteiger partial charge in [0.25, 0.3) is 0 Å². The van der Waals surface area contributed by atoms with Crippen LogP contribution in [0.1, 0.15) is 33.3 Å². The third-order valence-corrected chi connectivity index (χ3v) is 2.38. The van der Waals surface area contributed by atoms with E-state index in [1.807, 2.05) is 0 Å². The Hall–Kier alpha value is -1.23. The van der Waals surface area contributed by atoms with E-state index in [0.717, 1.165) is 11.3 Å². The zero-order chi connectivity index (χ0) is 9.84. The van der Waals surface area contributed by atoms with Crippen LogP contribution in [0.3, 0.4) is 0 Å². The first-order valence-electron chi connectivity index (χ1n) is 3.79. The maximum absolute atomic E-state index is 11.1. The average molecular weight is 199 g/mol. The zero-order valence-corrected chi connectivity index (χ0v) is 8.18. The van der Waals surface area contributed by atoms with Crippen LogP contribution in [0.4, 0.5) is 0 Å². The Morgan fingerprint density at radius 2 is 2.31 bits per heavy atom. The molecule has 1 aromatic rings. The summed E-state index contributed by atoms with van der Waals surface area (Å²) in [5.74, 6) is -0.562. The highest BCUT2D eigenvalue weighted by Crippen LogP contribution is 2.14. The van der Waals surface area contributed by atoms with Crippen molar-refractivity contribution in [2.45, 2.75) is 13.8 Å². The number of aromatic nitrogens is 1. The van der Waals surface area contributed by atoms with Gasteiger partial charge in [0.2, 0.25) is 5.01 Å². The van der Waals surface area contributed by atoms with Gasteiger partial charge in [-0.15, -0.1) is 11.3 Å².